The molecule has 3 aromatic carbocycles. The van der Waals surface area contributed by atoms with Crippen molar-refractivity contribution in [3.8, 4) is 0 Å². The van der Waals surface area contributed by atoms with E-state index in [1.165, 1.54) is 9.13 Å². The molecule has 5 rings (SSSR count). The van der Waals surface area contributed by atoms with E-state index in [0.717, 1.165) is 74.5 Å². The molecule has 0 spiro atoms. The minimum Gasteiger partial charge on any atom is -0.444 e. The van der Waals surface area contributed by atoms with Crippen LogP contribution in [0.5, 0.6) is 0 Å². The second kappa shape index (κ2) is 20.4. The first kappa shape index (κ1) is 43.0. The summed E-state index contributed by atoms with van der Waals surface area (Å²) in [5.74, 6) is 0.0633. The Bertz CT molecular complexity index is 2060. The van der Waals surface area contributed by atoms with Gasteiger partial charge < -0.3 is 19.9 Å². The highest BCUT2D eigenvalue weighted by atomic mass is 32.2. The van der Waals surface area contributed by atoms with Gasteiger partial charge in [0.1, 0.15) is 11.6 Å². The zero-order chi connectivity index (χ0) is 40.8. The molecular weight excluding hydrogens is 737 g/mol. The molecule has 11 nitrogen and oxygen atoms in total. The molecule has 2 heterocycles. The molecule has 0 aliphatic rings. The Balaban J connectivity index is 1.11. The van der Waals surface area contributed by atoms with Gasteiger partial charge in [0.05, 0.1) is 11.1 Å². The minimum absolute atomic E-state index is 0.239. The van der Waals surface area contributed by atoms with E-state index in [1.54, 1.807) is 57.5 Å². The summed E-state index contributed by atoms with van der Waals surface area (Å²) in [5.41, 5.74) is 2.76. The molecule has 0 aliphatic carbocycles. The highest BCUT2D eigenvalue weighted by Gasteiger charge is 2.39. The van der Waals surface area contributed by atoms with Gasteiger partial charge >= 0.3 is 11.8 Å². The largest absolute Gasteiger partial charge is 0.444 e. The fourth-order valence-electron chi connectivity index (χ4n) is 7.17. The number of hydrogen-bond donors (Lipinski definition) is 2. The van der Waals surface area contributed by atoms with Crippen LogP contribution in [0.2, 0.25) is 0 Å². The minimum atomic E-state index is -0.833. The normalized spacial score (nSPS) is 12.4. The molecule has 1 unspecified atom stereocenters. The molecule has 12 heteroatoms. The van der Waals surface area contributed by atoms with Crippen molar-refractivity contribution in [1.29, 1.82) is 0 Å². The van der Waals surface area contributed by atoms with Gasteiger partial charge in [-0.25, -0.2) is 14.6 Å². The first-order valence-electron chi connectivity index (χ1n) is 20.1. The number of amides is 2. The van der Waals surface area contributed by atoms with Gasteiger partial charge in [0.15, 0.2) is 11.2 Å². The zero-order valence-electron chi connectivity index (χ0n) is 34.0. The van der Waals surface area contributed by atoms with Crippen molar-refractivity contribution >= 4 is 34.9 Å². The Morgan fingerprint density at radius 1 is 0.737 bits per heavy atom. The lowest BCUT2D eigenvalue weighted by atomic mass is 9.84. The van der Waals surface area contributed by atoms with Gasteiger partial charge in [-0.2, -0.15) is 0 Å². The smallest absolute Gasteiger partial charge is 0.408 e. The second-order valence-corrected chi connectivity index (χ2v) is 16.8. The van der Waals surface area contributed by atoms with E-state index in [1.807, 2.05) is 54.6 Å². The number of imidazole rings is 1. The Hall–Kier alpha value is -5.10. The standard InChI is InChI=1S/C45H58N6O5S/c1-44(2,3)56-42(54)48-37(32-57-45(34-24-16-13-17-25-34,35-26-18-14-19-27-35)36-28-20-15-21-29-36)40(52)46-30-22-11-9-7-6-8-10-12-23-31-51-41(53)38-39(47-33-49(38)4)50(5)43(51)55/h13-21,24-29,33,37H,6-12,22-23,30-32H2,1-5H3,(H,46,52)(H,48,54). The van der Waals surface area contributed by atoms with E-state index in [4.69, 9.17) is 4.74 Å². The molecule has 0 radical (unpaired) electrons. The average Bonchev–Trinajstić information content (AvgIpc) is 3.60. The third-order valence-corrected chi connectivity index (χ3v) is 11.7. The summed E-state index contributed by atoms with van der Waals surface area (Å²) in [6.45, 7) is 6.34. The summed E-state index contributed by atoms with van der Waals surface area (Å²) in [4.78, 5) is 56.7. The van der Waals surface area contributed by atoms with Gasteiger partial charge in [0, 0.05) is 32.9 Å². The number of nitrogens with one attached hydrogen (secondary N) is 2. The molecular formula is C45H58N6O5S. The number of unbranched alkanes of at least 4 members (excludes halogenated alkanes) is 8. The summed E-state index contributed by atoms with van der Waals surface area (Å²) in [6, 6.07) is 30.0. The van der Waals surface area contributed by atoms with Crippen LogP contribution < -0.4 is 21.9 Å². The maximum Gasteiger partial charge on any atom is 0.408 e. The topological polar surface area (TPSA) is 129 Å². The van der Waals surface area contributed by atoms with E-state index >= 15 is 0 Å². The number of aryl methyl sites for hydroxylation is 2. The number of nitrogens with zero attached hydrogens (tertiary/aromatic N) is 4. The molecule has 0 fully saturated rings. The van der Waals surface area contributed by atoms with Crippen LogP contribution in [0, 0.1) is 0 Å². The first-order chi connectivity index (χ1) is 27.4. The Morgan fingerprint density at radius 2 is 1.23 bits per heavy atom. The Kier molecular flexibility index (Phi) is 15.4. The SMILES string of the molecule is Cn1cnc2c1c(=O)n(CCCCCCCCCCCNC(=O)C(CSC(c1ccccc1)(c1ccccc1)c1ccccc1)NC(=O)OC(C)(C)C)c(=O)n2C. The van der Waals surface area contributed by atoms with Crippen molar-refractivity contribution in [3.63, 3.8) is 0 Å². The summed E-state index contributed by atoms with van der Waals surface area (Å²) >= 11 is 1.62. The van der Waals surface area contributed by atoms with E-state index in [0.29, 0.717) is 30.0 Å². The monoisotopic (exact) mass is 794 g/mol. The molecule has 0 aliphatic heterocycles. The summed E-state index contributed by atoms with van der Waals surface area (Å²) < 4.78 is 9.38. The van der Waals surface area contributed by atoms with Gasteiger partial charge in [-0.05, 0) is 50.3 Å². The number of ether oxygens (including phenoxy) is 1. The van der Waals surface area contributed by atoms with Crippen LogP contribution in [0.4, 0.5) is 4.79 Å². The Morgan fingerprint density at radius 3 is 1.74 bits per heavy atom. The number of carbonyl (C=O) groups is 2. The van der Waals surface area contributed by atoms with Crippen molar-refractivity contribution in [3.05, 3.63) is 135 Å². The van der Waals surface area contributed by atoms with E-state index in [2.05, 4.69) is 52.0 Å². The van der Waals surface area contributed by atoms with Gasteiger partial charge in [-0.3, -0.25) is 18.7 Å². The molecule has 2 amide bonds. The van der Waals surface area contributed by atoms with Gasteiger partial charge in [-0.1, -0.05) is 136 Å². The number of carbonyl (C=O) groups excluding carboxylic acids is 2. The summed E-state index contributed by atoms with van der Waals surface area (Å²) in [6.07, 6.45) is 9.89. The fraction of sp³-hybridized carbons (Fsp3) is 0.444. The molecule has 0 bridgehead atoms. The van der Waals surface area contributed by atoms with Crippen molar-refractivity contribution in [2.45, 2.75) is 101 Å². The highest BCUT2D eigenvalue weighted by Crippen LogP contribution is 2.48. The van der Waals surface area contributed by atoms with E-state index < -0.39 is 22.5 Å². The number of hydrogen-bond acceptors (Lipinski definition) is 7. The lowest BCUT2D eigenvalue weighted by Crippen LogP contribution is -2.50. The van der Waals surface area contributed by atoms with Gasteiger partial charge in [0.25, 0.3) is 5.56 Å². The van der Waals surface area contributed by atoms with Crippen molar-refractivity contribution in [2.75, 3.05) is 12.3 Å². The van der Waals surface area contributed by atoms with Crippen LogP contribution in [0.3, 0.4) is 0 Å². The molecule has 1 atom stereocenters. The maximum absolute atomic E-state index is 13.8. The predicted molar refractivity (Wildman–Crippen MR) is 230 cm³/mol. The van der Waals surface area contributed by atoms with Crippen molar-refractivity contribution < 1.29 is 14.3 Å². The second-order valence-electron chi connectivity index (χ2n) is 15.6. The lowest BCUT2D eigenvalue weighted by Gasteiger charge is -2.36. The predicted octanol–water partition coefficient (Wildman–Crippen LogP) is 7.68. The third-order valence-electron chi connectivity index (χ3n) is 10.1. The molecule has 0 saturated carbocycles. The molecule has 304 valence electrons. The number of aromatic nitrogens is 4. The van der Waals surface area contributed by atoms with Crippen LogP contribution in [0.15, 0.2) is 107 Å². The molecule has 2 aromatic heterocycles. The van der Waals surface area contributed by atoms with Gasteiger partial charge in [0.2, 0.25) is 5.91 Å². The third kappa shape index (κ3) is 11.3. The number of alkyl carbamates (subject to hydrolysis) is 1. The number of rotatable bonds is 20. The van der Waals surface area contributed by atoms with Crippen LogP contribution in [-0.2, 0) is 34.9 Å². The quantitative estimate of drug-likeness (QED) is 0.0611. The fourth-order valence-corrected chi connectivity index (χ4v) is 8.73. The summed E-state index contributed by atoms with van der Waals surface area (Å²) in [7, 11) is 3.41. The number of thioether (sulfide) groups is 1. The van der Waals surface area contributed by atoms with Crippen molar-refractivity contribution in [2.24, 2.45) is 14.1 Å². The van der Waals surface area contributed by atoms with Gasteiger partial charge in [-0.15, -0.1) is 11.8 Å². The van der Waals surface area contributed by atoms with Crippen LogP contribution >= 0.6 is 11.8 Å². The average molecular weight is 795 g/mol. The number of benzene rings is 3. The molecule has 5 aromatic rings. The maximum atomic E-state index is 13.8. The first-order valence-corrected chi connectivity index (χ1v) is 21.1. The Labute approximate surface area is 340 Å². The van der Waals surface area contributed by atoms with E-state index in [9.17, 15) is 19.2 Å². The molecule has 57 heavy (non-hydrogen) atoms. The van der Waals surface area contributed by atoms with E-state index in [-0.39, 0.29) is 17.2 Å². The van der Waals surface area contributed by atoms with Crippen LogP contribution in [-0.4, -0.2) is 54.6 Å². The van der Waals surface area contributed by atoms with Crippen LogP contribution in [0.25, 0.3) is 11.2 Å². The molecule has 0 saturated heterocycles. The highest BCUT2D eigenvalue weighted by molar-refractivity contribution is 8.00. The number of fused-ring (bicyclic) bond motifs is 1. The lowest BCUT2D eigenvalue weighted by molar-refractivity contribution is -0.122. The van der Waals surface area contributed by atoms with Crippen LogP contribution in [0.1, 0.15) is 95.2 Å². The molecule has 2 N–H and O–H groups in total. The van der Waals surface area contributed by atoms with Crippen molar-refractivity contribution in [1.82, 2.24) is 29.3 Å². The zero-order valence-corrected chi connectivity index (χ0v) is 34.9. The summed E-state index contributed by atoms with van der Waals surface area (Å²) in [5, 5.41) is 5.98.